The Morgan fingerprint density at radius 3 is 2.77 bits per heavy atom. The second-order valence-electron chi connectivity index (χ2n) is 5.52. The molecule has 6 aromatic heterocycles. The van der Waals surface area contributed by atoms with Crippen molar-refractivity contribution in [3.05, 3.63) is 36.9 Å². The predicted octanol–water partition coefficient (Wildman–Crippen LogP) is 3.25. The molecule has 0 bridgehead atoms. The Morgan fingerprint density at radius 1 is 0.808 bits per heavy atom. The van der Waals surface area contributed by atoms with Crippen molar-refractivity contribution in [2.45, 2.75) is 0 Å². The lowest BCUT2D eigenvalue weighted by molar-refractivity contribution is 1.03. The fraction of sp³-hybridized carbons (Fsp3) is 0. The third kappa shape index (κ3) is 1.93. The molecule has 0 aromatic carbocycles. The minimum absolute atomic E-state index is 0.488. The fourth-order valence-corrected chi connectivity index (χ4v) is 4.78. The van der Waals surface area contributed by atoms with Crippen LogP contribution in [0.25, 0.3) is 52.5 Å². The van der Waals surface area contributed by atoms with Crippen molar-refractivity contribution >= 4 is 63.7 Å². The Kier molecular flexibility index (Phi) is 2.76. The minimum Gasteiger partial charge on any atom is -0.253 e. The molecular weight excluding hydrogens is 368 g/mol. The molecule has 0 aliphatic carbocycles. The van der Waals surface area contributed by atoms with Gasteiger partial charge in [-0.3, -0.25) is 9.97 Å². The van der Waals surface area contributed by atoms with Gasteiger partial charge in [-0.1, -0.05) is 0 Å². The number of aromatic nitrogens is 8. The Labute approximate surface area is 152 Å². The van der Waals surface area contributed by atoms with E-state index in [4.69, 9.17) is 0 Å². The summed E-state index contributed by atoms with van der Waals surface area (Å²) in [7, 11) is 0. The molecule has 0 aliphatic heterocycles. The monoisotopic (exact) mass is 374 g/mol. The number of pyridine rings is 2. The highest BCUT2D eigenvalue weighted by Gasteiger charge is 2.14. The summed E-state index contributed by atoms with van der Waals surface area (Å²) in [4.78, 5) is 19.4. The maximum atomic E-state index is 4.65. The van der Waals surface area contributed by atoms with E-state index in [2.05, 4.69) is 40.3 Å². The summed E-state index contributed by atoms with van der Waals surface area (Å²) in [5, 5.41) is 17.5. The topological polar surface area (TPSA) is 103 Å². The Balaban J connectivity index is 1.57. The maximum Gasteiger partial charge on any atom is 0.201 e. The van der Waals surface area contributed by atoms with Gasteiger partial charge in [0.2, 0.25) is 5.82 Å². The van der Waals surface area contributed by atoms with Crippen LogP contribution in [0.4, 0.5) is 0 Å². The summed E-state index contributed by atoms with van der Waals surface area (Å²) in [5.74, 6) is 0.488. The second-order valence-corrected chi connectivity index (χ2v) is 7.58. The van der Waals surface area contributed by atoms with E-state index in [-0.39, 0.29) is 0 Å². The molecule has 0 atom stereocenters. The lowest BCUT2D eigenvalue weighted by Crippen LogP contribution is -1.94. The second kappa shape index (κ2) is 5.13. The quantitative estimate of drug-likeness (QED) is 0.432. The maximum absolute atomic E-state index is 4.65. The van der Waals surface area contributed by atoms with Crippen LogP contribution < -0.4 is 0 Å². The zero-order chi connectivity index (χ0) is 17.1. The molecule has 0 saturated carbocycles. The fourth-order valence-electron chi connectivity index (χ4n) is 2.83. The van der Waals surface area contributed by atoms with Crippen molar-refractivity contribution in [2.24, 2.45) is 0 Å². The molecule has 6 aromatic rings. The Bertz CT molecular complexity index is 1340. The van der Waals surface area contributed by atoms with Crippen molar-refractivity contribution in [3.8, 4) is 11.5 Å². The molecule has 10 heteroatoms. The van der Waals surface area contributed by atoms with Crippen molar-refractivity contribution < 1.29 is 0 Å². The first-order valence-electron chi connectivity index (χ1n) is 7.61. The molecule has 0 saturated heterocycles. The molecule has 6 heterocycles. The van der Waals surface area contributed by atoms with Crippen molar-refractivity contribution in [3.63, 3.8) is 0 Å². The number of hydrogen-bond acceptors (Lipinski definition) is 10. The molecule has 0 radical (unpaired) electrons. The van der Waals surface area contributed by atoms with Gasteiger partial charge in [-0.05, 0) is 18.2 Å². The van der Waals surface area contributed by atoms with Crippen molar-refractivity contribution in [1.82, 2.24) is 40.3 Å². The van der Waals surface area contributed by atoms with E-state index in [1.807, 2.05) is 18.2 Å². The van der Waals surface area contributed by atoms with E-state index >= 15 is 0 Å². The van der Waals surface area contributed by atoms with Crippen LogP contribution in [-0.4, -0.2) is 40.3 Å². The van der Waals surface area contributed by atoms with E-state index in [9.17, 15) is 0 Å². The van der Waals surface area contributed by atoms with Crippen LogP contribution in [0.2, 0.25) is 0 Å². The number of thiophene rings is 2. The highest BCUT2D eigenvalue weighted by atomic mass is 32.1. The van der Waals surface area contributed by atoms with E-state index in [1.54, 1.807) is 35.1 Å². The van der Waals surface area contributed by atoms with Crippen LogP contribution in [-0.2, 0) is 0 Å². The van der Waals surface area contributed by atoms with Gasteiger partial charge in [0, 0.05) is 22.5 Å². The summed E-state index contributed by atoms with van der Waals surface area (Å²) >= 11 is 3.09. The largest absolute Gasteiger partial charge is 0.253 e. The SMILES string of the molecule is c1cnc2c(c1)sc1nc(-c3cc4sc5ncnnc5c4cn3)nnc12. The van der Waals surface area contributed by atoms with Gasteiger partial charge >= 0.3 is 0 Å². The van der Waals surface area contributed by atoms with Gasteiger partial charge in [-0.2, -0.15) is 0 Å². The van der Waals surface area contributed by atoms with Gasteiger partial charge in [0.25, 0.3) is 0 Å². The molecule has 0 aliphatic rings. The van der Waals surface area contributed by atoms with Crippen molar-refractivity contribution in [2.75, 3.05) is 0 Å². The Hall–Kier alpha value is -3.24. The molecule has 0 N–H and O–H groups in total. The minimum atomic E-state index is 0.488. The summed E-state index contributed by atoms with van der Waals surface area (Å²) in [6.07, 6.45) is 4.96. The van der Waals surface area contributed by atoms with E-state index in [1.165, 1.54) is 6.33 Å². The zero-order valence-corrected chi connectivity index (χ0v) is 14.5. The molecule has 8 nitrogen and oxygen atoms in total. The molecule has 0 unspecified atom stereocenters. The van der Waals surface area contributed by atoms with Gasteiger partial charge < -0.3 is 0 Å². The van der Waals surface area contributed by atoms with Gasteiger partial charge in [-0.25, -0.2) is 9.97 Å². The van der Waals surface area contributed by atoms with Gasteiger partial charge in [0.1, 0.15) is 38.2 Å². The lowest BCUT2D eigenvalue weighted by Gasteiger charge is -1.98. The summed E-state index contributed by atoms with van der Waals surface area (Å²) in [6, 6.07) is 5.85. The highest BCUT2D eigenvalue weighted by molar-refractivity contribution is 7.25. The van der Waals surface area contributed by atoms with Gasteiger partial charge in [0.05, 0.1) is 4.70 Å². The molecule has 0 amide bonds. The van der Waals surface area contributed by atoms with Crippen LogP contribution >= 0.6 is 22.7 Å². The van der Waals surface area contributed by atoms with Gasteiger partial charge in [0.15, 0.2) is 0 Å². The first-order chi connectivity index (χ1) is 12.9. The number of nitrogens with zero attached hydrogens (tertiary/aromatic N) is 8. The standard InChI is InChI=1S/C16H6N8S2/c1-2-9-12(17-3-1)13-16(25-9)21-14(24-23-13)8-4-10-7(5-18-8)11-15(26-10)19-6-20-22-11/h1-6H. The smallest absolute Gasteiger partial charge is 0.201 e. The molecule has 122 valence electrons. The molecule has 26 heavy (non-hydrogen) atoms. The third-order valence-electron chi connectivity index (χ3n) is 4.00. The van der Waals surface area contributed by atoms with Gasteiger partial charge in [-0.15, -0.1) is 43.1 Å². The average Bonchev–Trinajstić information content (AvgIpc) is 3.24. The predicted molar refractivity (Wildman–Crippen MR) is 100 cm³/mol. The summed E-state index contributed by atoms with van der Waals surface area (Å²) in [5.41, 5.74) is 2.97. The molecular formula is C16H6N8S2. The van der Waals surface area contributed by atoms with Crippen molar-refractivity contribution in [1.29, 1.82) is 0 Å². The average molecular weight is 374 g/mol. The first kappa shape index (κ1) is 14.0. The van der Waals surface area contributed by atoms with Crippen LogP contribution in [0.15, 0.2) is 36.9 Å². The third-order valence-corrected chi connectivity index (χ3v) is 6.08. The van der Waals surface area contributed by atoms with E-state index in [0.717, 1.165) is 41.0 Å². The molecule has 0 spiro atoms. The normalized spacial score (nSPS) is 11.8. The lowest BCUT2D eigenvalue weighted by atomic mass is 10.2. The van der Waals surface area contributed by atoms with E-state index < -0.39 is 0 Å². The van der Waals surface area contributed by atoms with Crippen LogP contribution in [0.1, 0.15) is 0 Å². The van der Waals surface area contributed by atoms with E-state index in [0.29, 0.717) is 11.5 Å². The number of fused-ring (bicyclic) bond motifs is 6. The molecule has 0 fully saturated rings. The van der Waals surface area contributed by atoms with Crippen LogP contribution in [0.5, 0.6) is 0 Å². The van der Waals surface area contributed by atoms with Crippen LogP contribution in [0.3, 0.4) is 0 Å². The zero-order valence-electron chi connectivity index (χ0n) is 12.9. The number of rotatable bonds is 1. The summed E-state index contributed by atoms with van der Waals surface area (Å²) < 4.78 is 2.05. The highest BCUT2D eigenvalue weighted by Crippen LogP contribution is 2.33. The van der Waals surface area contributed by atoms with Crippen LogP contribution in [0, 0.1) is 0 Å². The summed E-state index contributed by atoms with van der Waals surface area (Å²) in [6.45, 7) is 0. The first-order valence-corrected chi connectivity index (χ1v) is 9.24. The number of hydrogen-bond donors (Lipinski definition) is 0. The Morgan fingerprint density at radius 2 is 1.77 bits per heavy atom. The molecule has 6 rings (SSSR count).